The molecule has 0 N–H and O–H groups in total. The van der Waals surface area contributed by atoms with Gasteiger partial charge in [-0.25, -0.2) is 4.79 Å². The first-order valence-electron chi connectivity index (χ1n) is 4.27. The number of ether oxygens (including phenoxy) is 1. The fourth-order valence-electron chi connectivity index (χ4n) is 0.927. The number of methoxy groups -OCH3 is 1. The molecule has 11 heteroatoms. The van der Waals surface area contributed by atoms with Crippen LogP contribution in [-0.4, -0.2) is 34.9 Å². The number of rotatable bonds is 3. The van der Waals surface area contributed by atoms with Gasteiger partial charge in [-0.05, 0) is 10.8 Å². The molecule has 0 aliphatic carbocycles. The molecule has 0 saturated carbocycles. The lowest BCUT2D eigenvalue weighted by Gasteiger charge is -2.10. The first kappa shape index (κ1) is 14.8. The van der Waals surface area contributed by atoms with E-state index >= 15 is 0 Å². The first-order valence-corrected chi connectivity index (χ1v) is 6.56. The molecule has 0 aliphatic rings. The minimum Gasteiger partial charge on any atom is -0.465 e. The second-order valence-corrected chi connectivity index (χ2v) is 5.47. The predicted molar refractivity (Wildman–Crippen MR) is 59.4 cm³/mol. The molecule has 5 nitrogen and oxygen atoms in total. The summed E-state index contributed by atoms with van der Waals surface area (Å²) in [5.41, 5.74) is -5.47. The summed E-state index contributed by atoms with van der Waals surface area (Å²) in [6.45, 7) is 0. The highest BCUT2D eigenvalue weighted by atomic mass is 32.2. The third kappa shape index (κ3) is 2.78. The van der Waals surface area contributed by atoms with Gasteiger partial charge >= 0.3 is 21.6 Å². The zero-order valence-electron chi connectivity index (χ0n) is 9.07. The van der Waals surface area contributed by atoms with Gasteiger partial charge in [0.05, 0.1) is 7.11 Å². The van der Waals surface area contributed by atoms with Crippen molar-refractivity contribution < 1.29 is 35.3 Å². The van der Waals surface area contributed by atoms with Crippen LogP contribution >= 0.6 is 11.3 Å². The van der Waals surface area contributed by atoms with E-state index in [1.165, 1.54) is 13.2 Å². The molecule has 0 bridgehead atoms. The van der Waals surface area contributed by atoms with Crippen LogP contribution in [0.1, 0.15) is 9.67 Å². The number of esters is 1. The van der Waals surface area contributed by atoms with E-state index in [-0.39, 0.29) is 10.3 Å². The molecule has 0 spiro atoms. The van der Waals surface area contributed by atoms with Crippen LogP contribution < -0.4 is 9.65 Å². The number of carbonyl (C=O) groups is 1. The monoisotopic (exact) mass is 302 g/mol. The molecule has 18 heavy (non-hydrogen) atoms. The summed E-state index contributed by atoms with van der Waals surface area (Å²) in [7, 11) is -3.49. The van der Waals surface area contributed by atoms with Crippen molar-refractivity contribution >= 4 is 40.7 Å². The van der Waals surface area contributed by atoms with Crippen molar-refractivity contribution in [2.75, 3.05) is 7.11 Å². The lowest BCUT2D eigenvalue weighted by molar-refractivity contribution is -0.0500. The van der Waals surface area contributed by atoms with Crippen molar-refractivity contribution in [3.8, 4) is 5.75 Å². The lowest BCUT2D eigenvalue weighted by atomic mass is 9.99. The summed E-state index contributed by atoms with van der Waals surface area (Å²) in [6, 6.07) is 0. The zero-order chi connectivity index (χ0) is 14.1. The molecular weight excluding hydrogens is 296 g/mol. The summed E-state index contributed by atoms with van der Waals surface area (Å²) < 4.78 is 66.4. The molecule has 0 atom stereocenters. The number of hydrogen-bond acceptors (Lipinski definition) is 6. The Hall–Kier alpha value is -1.23. The Balaban J connectivity index is 3.21. The van der Waals surface area contributed by atoms with Gasteiger partial charge in [0, 0.05) is 0 Å². The molecule has 1 aromatic heterocycles. The number of carbonyl (C=O) groups excluding carboxylic acids is 1. The molecule has 1 heterocycles. The topological polar surface area (TPSA) is 69.7 Å². The van der Waals surface area contributed by atoms with E-state index in [0.29, 0.717) is 0 Å². The Labute approximate surface area is 105 Å². The van der Waals surface area contributed by atoms with Crippen molar-refractivity contribution in [2.45, 2.75) is 5.51 Å². The molecule has 0 aromatic carbocycles. The summed E-state index contributed by atoms with van der Waals surface area (Å²) >= 11 is 0.729. The van der Waals surface area contributed by atoms with E-state index in [0.717, 1.165) is 18.4 Å². The molecule has 1 aromatic rings. The molecule has 0 fully saturated rings. The second kappa shape index (κ2) is 4.80. The molecule has 0 saturated heterocycles. The largest absolute Gasteiger partial charge is 0.534 e. The van der Waals surface area contributed by atoms with Crippen molar-refractivity contribution in [3.63, 3.8) is 0 Å². The molecular formula is C7H6BF3O5S2. The molecule has 0 aliphatic heterocycles. The fourth-order valence-corrected chi connectivity index (χ4v) is 2.40. The molecule has 100 valence electrons. The average molecular weight is 302 g/mol. The van der Waals surface area contributed by atoms with Gasteiger partial charge < -0.3 is 8.92 Å². The van der Waals surface area contributed by atoms with Crippen LogP contribution in [0.25, 0.3) is 0 Å². The van der Waals surface area contributed by atoms with Crippen LogP contribution in [0, 0.1) is 0 Å². The standard InChI is InChI=1S/C7H6BF3O5S2/c1-15-6(12)5-4(3(8)2-17-5)16-18(13,14)7(9,10)11/h2H,8H2,1H3. The van der Waals surface area contributed by atoms with Crippen LogP contribution in [0.15, 0.2) is 5.38 Å². The summed E-state index contributed by atoms with van der Waals surface area (Å²) in [6.07, 6.45) is 0. The maximum absolute atomic E-state index is 12.1. The maximum Gasteiger partial charge on any atom is 0.534 e. The smallest absolute Gasteiger partial charge is 0.465 e. The van der Waals surface area contributed by atoms with Crippen LogP contribution in [0.3, 0.4) is 0 Å². The Morgan fingerprint density at radius 1 is 1.44 bits per heavy atom. The predicted octanol–water partition coefficient (Wildman–Crippen LogP) is 0.0215. The van der Waals surface area contributed by atoms with Crippen molar-refractivity contribution in [1.82, 2.24) is 0 Å². The van der Waals surface area contributed by atoms with E-state index < -0.39 is 27.3 Å². The van der Waals surface area contributed by atoms with E-state index in [1.807, 2.05) is 0 Å². The van der Waals surface area contributed by atoms with Crippen LogP contribution in [0.2, 0.25) is 0 Å². The summed E-state index contributed by atoms with van der Waals surface area (Å²) in [5.74, 6) is -1.63. The molecule has 1 rings (SSSR count). The Bertz CT molecular complexity index is 562. The Morgan fingerprint density at radius 3 is 2.44 bits per heavy atom. The van der Waals surface area contributed by atoms with Gasteiger partial charge in [0.25, 0.3) is 0 Å². The van der Waals surface area contributed by atoms with Gasteiger partial charge in [0.1, 0.15) is 7.85 Å². The van der Waals surface area contributed by atoms with Gasteiger partial charge in [-0.2, -0.15) is 21.6 Å². The Morgan fingerprint density at radius 2 is 2.00 bits per heavy atom. The van der Waals surface area contributed by atoms with Gasteiger partial charge in [-0.3, -0.25) is 0 Å². The quantitative estimate of drug-likeness (QED) is 0.341. The van der Waals surface area contributed by atoms with E-state index in [2.05, 4.69) is 8.92 Å². The minimum atomic E-state index is -5.81. The van der Waals surface area contributed by atoms with Gasteiger partial charge in [-0.15, -0.1) is 11.3 Å². The molecule has 0 unspecified atom stereocenters. The third-order valence-corrected chi connectivity index (χ3v) is 3.78. The summed E-state index contributed by atoms with van der Waals surface area (Å²) in [4.78, 5) is 10.9. The Kier molecular flexibility index (Phi) is 3.96. The molecule has 0 amide bonds. The van der Waals surface area contributed by atoms with Crippen molar-refractivity contribution in [3.05, 3.63) is 10.3 Å². The molecule has 0 radical (unpaired) electrons. The third-order valence-electron chi connectivity index (χ3n) is 1.77. The van der Waals surface area contributed by atoms with Gasteiger partial charge in [-0.1, -0.05) is 0 Å². The first-order chi connectivity index (χ1) is 8.10. The maximum atomic E-state index is 12.1. The van der Waals surface area contributed by atoms with Crippen LogP contribution in [-0.2, 0) is 14.9 Å². The normalized spacial score (nSPS) is 12.2. The van der Waals surface area contributed by atoms with Gasteiger partial charge in [0.2, 0.25) is 0 Å². The van der Waals surface area contributed by atoms with E-state index in [4.69, 9.17) is 0 Å². The van der Waals surface area contributed by atoms with E-state index in [9.17, 15) is 26.4 Å². The highest BCUT2D eigenvalue weighted by molar-refractivity contribution is 7.88. The highest BCUT2D eigenvalue weighted by Gasteiger charge is 2.49. The SMILES string of the molecule is Bc1csc(C(=O)OC)c1OS(=O)(=O)C(F)(F)F. The van der Waals surface area contributed by atoms with Crippen LogP contribution in [0.4, 0.5) is 13.2 Å². The lowest BCUT2D eigenvalue weighted by Crippen LogP contribution is -2.30. The number of thiophene rings is 1. The summed E-state index contributed by atoms with van der Waals surface area (Å²) in [5, 5.41) is 1.29. The van der Waals surface area contributed by atoms with Crippen LogP contribution in [0.5, 0.6) is 5.75 Å². The number of alkyl halides is 3. The van der Waals surface area contributed by atoms with Gasteiger partial charge in [0.15, 0.2) is 10.6 Å². The zero-order valence-corrected chi connectivity index (χ0v) is 10.7. The fraction of sp³-hybridized carbons (Fsp3) is 0.286. The van der Waals surface area contributed by atoms with E-state index in [1.54, 1.807) is 0 Å². The average Bonchev–Trinajstić information content (AvgIpc) is 2.57. The number of halogens is 3. The van der Waals surface area contributed by atoms with Crippen molar-refractivity contribution in [2.24, 2.45) is 0 Å². The van der Waals surface area contributed by atoms with Crippen molar-refractivity contribution in [1.29, 1.82) is 0 Å². The minimum absolute atomic E-state index is 0.0909. The second-order valence-electron chi connectivity index (χ2n) is 3.05. The number of hydrogen-bond donors (Lipinski definition) is 0. The highest BCUT2D eigenvalue weighted by Crippen LogP contribution is 2.30.